The Bertz CT molecular complexity index is 927. The van der Waals surface area contributed by atoms with Crippen LogP contribution in [0, 0.1) is 6.92 Å². The molecule has 0 spiro atoms. The van der Waals surface area contributed by atoms with Crippen LogP contribution in [0.4, 0.5) is 10.5 Å². The number of carbonyl (C=O) groups excluding carboxylic acids is 1. The number of anilines is 1. The van der Waals surface area contributed by atoms with Crippen molar-refractivity contribution in [2.24, 2.45) is 0 Å². The molecular formula is C20H21N5O3. The van der Waals surface area contributed by atoms with Gasteiger partial charge in [-0.1, -0.05) is 23.4 Å². The molecule has 2 amide bonds. The number of nitrogens with one attached hydrogen (secondary N) is 1. The largest absolute Gasteiger partial charge is 0.439 e. The van der Waals surface area contributed by atoms with Crippen molar-refractivity contribution in [2.75, 3.05) is 18.4 Å². The Morgan fingerprint density at radius 1 is 1.25 bits per heavy atom. The van der Waals surface area contributed by atoms with E-state index in [0.29, 0.717) is 42.1 Å². The minimum absolute atomic E-state index is 0.0942. The number of nitrogens with zero attached hydrogens (tertiary/aromatic N) is 4. The van der Waals surface area contributed by atoms with Crippen molar-refractivity contribution >= 4 is 11.7 Å². The topological polar surface area (TPSA) is 93.4 Å². The maximum absolute atomic E-state index is 12.6. The molecule has 28 heavy (non-hydrogen) atoms. The number of pyridine rings is 1. The van der Waals surface area contributed by atoms with E-state index in [1.165, 1.54) is 0 Å². The molecule has 0 bridgehead atoms. The number of aromatic nitrogens is 3. The predicted molar refractivity (Wildman–Crippen MR) is 102 cm³/mol. The summed E-state index contributed by atoms with van der Waals surface area (Å²) in [5, 5.41) is 6.88. The first kappa shape index (κ1) is 18.0. The molecule has 8 nitrogen and oxygen atoms in total. The summed E-state index contributed by atoms with van der Waals surface area (Å²) in [6.07, 6.45) is 3.42. The van der Waals surface area contributed by atoms with E-state index in [4.69, 9.17) is 9.26 Å². The second-order valence-corrected chi connectivity index (χ2v) is 6.69. The average molecular weight is 379 g/mol. The number of hydrogen-bond donors (Lipinski definition) is 1. The van der Waals surface area contributed by atoms with Crippen LogP contribution in [0.25, 0.3) is 0 Å². The summed E-state index contributed by atoms with van der Waals surface area (Å²) in [7, 11) is 0. The van der Waals surface area contributed by atoms with Crippen molar-refractivity contribution in [1.29, 1.82) is 0 Å². The van der Waals surface area contributed by atoms with Crippen LogP contribution in [-0.2, 0) is 0 Å². The third-order valence-corrected chi connectivity index (χ3v) is 4.57. The first-order valence-electron chi connectivity index (χ1n) is 9.22. The van der Waals surface area contributed by atoms with E-state index in [0.717, 1.165) is 12.8 Å². The lowest BCUT2D eigenvalue weighted by Gasteiger charge is -2.31. The molecule has 3 aromatic rings. The molecule has 1 aliphatic rings. The summed E-state index contributed by atoms with van der Waals surface area (Å²) in [4.78, 5) is 22.9. The monoisotopic (exact) mass is 379 g/mol. The first-order chi connectivity index (χ1) is 13.7. The standard InChI is InChI=1S/C20H21N5O3/c1-14-22-19(24-28-14)15-6-5-11-25(13-15)20(26)23-16-9-10-18(21-12-16)27-17-7-3-2-4-8-17/h2-4,7-10,12,15H,5-6,11,13H2,1H3,(H,23,26)/t15-/m1/s1. The Morgan fingerprint density at radius 2 is 2.11 bits per heavy atom. The summed E-state index contributed by atoms with van der Waals surface area (Å²) in [5.41, 5.74) is 0.614. The Hall–Kier alpha value is -3.42. The fourth-order valence-corrected chi connectivity index (χ4v) is 3.18. The van der Waals surface area contributed by atoms with Crippen LogP contribution in [0.3, 0.4) is 0 Å². The van der Waals surface area contributed by atoms with E-state index in [2.05, 4.69) is 20.4 Å². The Morgan fingerprint density at radius 3 is 2.82 bits per heavy atom. The zero-order valence-corrected chi connectivity index (χ0v) is 15.5. The molecule has 0 radical (unpaired) electrons. The number of urea groups is 1. The van der Waals surface area contributed by atoms with Gasteiger partial charge in [0.15, 0.2) is 5.82 Å². The van der Waals surface area contributed by atoms with Crippen molar-refractivity contribution < 1.29 is 14.1 Å². The van der Waals surface area contributed by atoms with E-state index in [1.54, 1.807) is 30.2 Å². The molecule has 144 valence electrons. The third-order valence-electron chi connectivity index (χ3n) is 4.57. The third kappa shape index (κ3) is 4.28. The summed E-state index contributed by atoms with van der Waals surface area (Å²) >= 11 is 0. The molecule has 8 heteroatoms. The van der Waals surface area contributed by atoms with E-state index in [9.17, 15) is 4.79 Å². The van der Waals surface area contributed by atoms with Crippen LogP contribution in [-0.4, -0.2) is 39.1 Å². The van der Waals surface area contributed by atoms with Crippen LogP contribution >= 0.6 is 0 Å². The Kier molecular flexibility index (Phi) is 5.18. The number of benzene rings is 1. The molecule has 0 unspecified atom stereocenters. The van der Waals surface area contributed by atoms with Gasteiger partial charge in [-0.25, -0.2) is 9.78 Å². The lowest BCUT2D eigenvalue weighted by Crippen LogP contribution is -2.41. The van der Waals surface area contributed by atoms with Gasteiger partial charge in [-0.05, 0) is 31.0 Å². The molecule has 1 atom stereocenters. The van der Waals surface area contributed by atoms with Crippen LogP contribution in [0.1, 0.15) is 30.5 Å². The van der Waals surface area contributed by atoms with E-state index in [-0.39, 0.29) is 11.9 Å². The van der Waals surface area contributed by atoms with E-state index in [1.807, 2.05) is 30.3 Å². The number of para-hydroxylation sites is 1. The van der Waals surface area contributed by atoms with Crippen molar-refractivity contribution in [1.82, 2.24) is 20.0 Å². The molecule has 1 fully saturated rings. The molecule has 4 rings (SSSR count). The van der Waals surface area contributed by atoms with Gasteiger partial charge in [-0.2, -0.15) is 4.98 Å². The number of piperidine rings is 1. The lowest BCUT2D eigenvalue weighted by molar-refractivity contribution is 0.190. The summed E-state index contributed by atoms with van der Waals surface area (Å²) in [6, 6.07) is 12.8. The van der Waals surface area contributed by atoms with Gasteiger partial charge < -0.3 is 19.5 Å². The van der Waals surface area contributed by atoms with Crippen molar-refractivity contribution in [3.63, 3.8) is 0 Å². The first-order valence-corrected chi connectivity index (χ1v) is 9.22. The molecular weight excluding hydrogens is 358 g/mol. The molecule has 2 aromatic heterocycles. The van der Waals surface area contributed by atoms with E-state index >= 15 is 0 Å². The quantitative estimate of drug-likeness (QED) is 0.737. The Labute approximate surface area is 162 Å². The van der Waals surface area contributed by atoms with Gasteiger partial charge in [0.25, 0.3) is 0 Å². The zero-order chi connectivity index (χ0) is 19.3. The van der Waals surface area contributed by atoms with Crippen LogP contribution in [0.15, 0.2) is 53.2 Å². The lowest BCUT2D eigenvalue weighted by atomic mass is 9.98. The fourth-order valence-electron chi connectivity index (χ4n) is 3.18. The number of ether oxygens (including phenoxy) is 1. The second-order valence-electron chi connectivity index (χ2n) is 6.69. The summed E-state index contributed by atoms with van der Waals surface area (Å²) in [5.74, 6) is 2.48. The normalized spacial score (nSPS) is 16.6. The molecule has 0 aliphatic carbocycles. The highest BCUT2D eigenvalue weighted by Crippen LogP contribution is 2.25. The van der Waals surface area contributed by atoms with Gasteiger partial charge in [-0.3, -0.25) is 0 Å². The van der Waals surface area contributed by atoms with Crippen molar-refractivity contribution in [3.05, 3.63) is 60.4 Å². The maximum Gasteiger partial charge on any atom is 0.321 e. The SMILES string of the molecule is Cc1nc([C@@H]2CCCN(C(=O)Nc3ccc(Oc4ccccc4)nc3)C2)no1. The van der Waals surface area contributed by atoms with E-state index < -0.39 is 0 Å². The van der Waals surface area contributed by atoms with Crippen LogP contribution in [0.5, 0.6) is 11.6 Å². The number of likely N-dealkylation sites (tertiary alicyclic amines) is 1. The highest BCUT2D eigenvalue weighted by molar-refractivity contribution is 5.89. The molecule has 1 saturated heterocycles. The predicted octanol–water partition coefficient (Wildman–Crippen LogP) is 3.98. The van der Waals surface area contributed by atoms with Gasteiger partial charge in [0.1, 0.15) is 5.75 Å². The van der Waals surface area contributed by atoms with Crippen LogP contribution < -0.4 is 10.1 Å². The fraction of sp³-hybridized carbons (Fsp3) is 0.300. The molecule has 1 aromatic carbocycles. The molecule has 1 N–H and O–H groups in total. The van der Waals surface area contributed by atoms with Gasteiger partial charge >= 0.3 is 6.03 Å². The highest BCUT2D eigenvalue weighted by Gasteiger charge is 2.27. The number of carbonyl (C=O) groups is 1. The van der Waals surface area contributed by atoms with Gasteiger partial charge in [0, 0.05) is 32.0 Å². The summed E-state index contributed by atoms with van der Waals surface area (Å²) < 4.78 is 10.7. The van der Waals surface area contributed by atoms with Crippen LogP contribution in [0.2, 0.25) is 0 Å². The highest BCUT2D eigenvalue weighted by atomic mass is 16.5. The Balaban J connectivity index is 1.35. The smallest absolute Gasteiger partial charge is 0.321 e. The molecule has 1 aliphatic heterocycles. The number of aryl methyl sites for hydroxylation is 1. The average Bonchev–Trinajstić information content (AvgIpc) is 3.17. The minimum Gasteiger partial charge on any atom is -0.439 e. The summed E-state index contributed by atoms with van der Waals surface area (Å²) in [6.45, 7) is 3.03. The number of rotatable bonds is 4. The number of hydrogen-bond acceptors (Lipinski definition) is 6. The van der Waals surface area contributed by atoms with Gasteiger partial charge in [-0.15, -0.1) is 0 Å². The van der Waals surface area contributed by atoms with Crippen molar-refractivity contribution in [2.45, 2.75) is 25.7 Å². The van der Waals surface area contributed by atoms with Gasteiger partial charge in [0.2, 0.25) is 11.8 Å². The second kappa shape index (κ2) is 8.08. The van der Waals surface area contributed by atoms with Gasteiger partial charge in [0.05, 0.1) is 11.9 Å². The molecule has 3 heterocycles. The molecule has 0 saturated carbocycles. The minimum atomic E-state index is -0.163. The van der Waals surface area contributed by atoms with Crippen molar-refractivity contribution in [3.8, 4) is 11.6 Å². The zero-order valence-electron chi connectivity index (χ0n) is 15.5. The number of amides is 2. The maximum atomic E-state index is 12.6.